The lowest BCUT2D eigenvalue weighted by atomic mass is 10.1. The first-order valence-electron chi connectivity index (χ1n) is 8.10. The minimum absolute atomic E-state index is 0.127. The number of hydrogen-bond donors (Lipinski definition) is 1. The average molecular weight is 295 g/mol. The molecule has 0 amide bonds. The highest BCUT2D eigenvalue weighted by Crippen LogP contribution is 2.26. The van der Waals surface area contributed by atoms with Crippen LogP contribution in [0.25, 0.3) is 0 Å². The Kier molecular flexibility index (Phi) is 5.65. The van der Waals surface area contributed by atoms with Gasteiger partial charge in [-0.2, -0.15) is 5.10 Å². The molecule has 5 heteroatoms. The van der Waals surface area contributed by atoms with Crippen LogP contribution in [0.1, 0.15) is 44.9 Å². The molecule has 0 aliphatic carbocycles. The van der Waals surface area contributed by atoms with Gasteiger partial charge in [0.1, 0.15) is 0 Å². The number of aliphatic hydroxyl groups is 1. The third-order valence-electron chi connectivity index (χ3n) is 3.96. The summed E-state index contributed by atoms with van der Waals surface area (Å²) in [4.78, 5) is 2.39. The fraction of sp³-hybridized carbons (Fsp3) is 0.812. The Morgan fingerprint density at radius 2 is 2.00 bits per heavy atom. The SMILES string of the molecule is CCOc1c(CN2CCC(O)CC2)c(C)nn1CC(C)C. The largest absolute Gasteiger partial charge is 0.478 e. The zero-order valence-electron chi connectivity index (χ0n) is 13.8. The zero-order chi connectivity index (χ0) is 15.4. The Morgan fingerprint density at radius 3 is 2.57 bits per heavy atom. The summed E-state index contributed by atoms with van der Waals surface area (Å²) in [5.74, 6) is 1.47. The minimum atomic E-state index is -0.127. The van der Waals surface area contributed by atoms with Crippen molar-refractivity contribution in [3.63, 3.8) is 0 Å². The van der Waals surface area contributed by atoms with E-state index in [0.717, 1.165) is 50.6 Å². The summed E-state index contributed by atoms with van der Waals surface area (Å²) in [6, 6.07) is 0. The number of piperidine rings is 1. The van der Waals surface area contributed by atoms with E-state index in [1.54, 1.807) is 0 Å². The summed E-state index contributed by atoms with van der Waals surface area (Å²) in [7, 11) is 0. The molecule has 1 aromatic rings. The molecule has 1 fully saturated rings. The van der Waals surface area contributed by atoms with Crippen molar-refractivity contribution in [3.05, 3.63) is 11.3 Å². The second-order valence-corrected chi connectivity index (χ2v) is 6.39. The van der Waals surface area contributed by atoms with Gasteiger partial charge >= 0.3 is 0 Å². The number of aromatic nitrogens is 2. The van der Waals surface area contributed by atoms with Crippen LogP contribution in [0, 0.1) is 12.8 Å². The van der Waals surface area contributed by atoms with Gasteiger partial charge in [0.15, 0.2) is 0 Å². The number of aryl methyl sites for hydroxylation is 1. The fourth-order valence-electron chi connectivity index (χ4n) is 2.85. The van der Waals surface area contributed by atoms with Crippen LogP contribution < -0.4 is 4.74 Å². The lowest BCUT2D eigenvalue weighted by molar-refractivity contribution is 0.0786. The number of aliphatic hydroxyl groups excluding tert-OH is 1. The molecule has 1 aliphatic heterocycles. The van der Waals surface area contributed by atoms with Crippen molar-refractivity contribution in [2.45, 2.75) is 59.7 Å². The number of likely N-dealkylation sites (tertiary alicyclic amines) is 1. The third kappa shape index (κ3) is 4.20. The molecule has 120 valence electrons. The van der Waals surface area contributed by atoms with Crippen LogP contribution in [-0.2, 0) is 13.1 Å². The van der Waals surface area contributed by atoms with Crippen molar-refractivity contribution in [2.24, 2.45) is 5.92 Å². The second kappa shape index (κ2) is 7.27. The van der Waals surface area contributed by atoms with Crippen LogP contribution in [-0.4, -0.2) is 45.6 Å². The first-order chi connectivity index (χ1) is 10.0. The van der Waals surface area contributed by atoms with E-state index in [9.17, 15) is 5.11 Å². The molecule has 21 heavy (non-hydrogen) atoms. The van der Waals surface area contributed by atoms with Gasteiger partial charge in [0.25, 0.3) is 0 Å². The van der Waals surface area contributed by atoms with Crippen LogP contribution in [0.3, 0.4) is 0 Å². The summed E-state index contributed by atoms with van der Waals surface area (Å²) in [5.41, 5.74) is 2.26. The van der Waals surface area contributed by atoms with E-state index in [4.69, 9.17) is 4.74 Å². The average Bonchev–Trinajstić information content (AvgIpc) is 2.69. The molecule has 1 aromatic heterocycles. The van der Waals surface area contributed by atoms with E-state index in [2.05, 4.69) is 30.8 Å². The van der Waals surface area contributed by atoms with E-state index >= 15 is 0 Å². The zero-order valence-corrected chi connectivity index (χ0v) is 13.8. The van der Waals surface area contributed by atoms with E-state index in [-0.39, 0.29) is 6.10 Å². The number of nitrogens with zero attached hydrogens (tertiary/aromatic N) is 3. The van der Waals surface area contributed by atoms with Gasteiger partial charge in [-0.3, -0.25) is 4.90 Å². The van der Waals surface area contributed by atoms with Gasteiger partial charge in [0, 0.05) is 26.2 Å². The molecule has 1 aliphatic rings. The predicted molar refractivity (Wildman–Crippen MR) is 83.5 cm³/mol. The lowest BCUT2D eigenvalue weighted by Crippen LogP contribution is -2.35. The van der Waals surface area contributed by atoms with Crippen molar-refractivity contribution in [1.82, 2.24) is 14.7 Å². The standard InChI is InChI=1S/C16H29N3O2/c1-5-21-16-15(11-18-8-6-14(20)7-9-18)13(4)17-19(16)10-12(2)3/h12,14,20H,5-11H2,1-4H3. The van der Waals surface area contributed by atoms with E-state index in [1.165, 1.54) is 5.56 Å². The van der Waals surface area contributed by atoms with Gasteiger partial charge in [-0.25, -0.2) is 4.68 Å². The van der Waals surface area contributed by atoms with E-state index in [1.807, 2.05) is 11.6 Å². The maximum absolute atomic E-state index is 9.62. The maximum Gasteiger partial charge on any atom is 0.216 e. The Labute approximate surface area is 127 Å². The normalized spacial score (nSPS) is 17.6. The van der Waals surface area contributed by atoms with Gasteiger partial charge < -0.3 is 9.84 Å². The minimum Gasteiger partial charge on any atom is -0.478 e. The number of rotatable bonds is 6. The van der Waals surface area contributed by atoms with Crippen molar-refractivity contribution in [1.29, 1.82) is 0 Å². The quantitative estimate of drug-likeness (QED) is 0.874. The first kappa shape index (κ1) is 16.3. The summed E-state index contributed by atoms with van der Waals surface area (Å²) in [5, 5.41) is 14.3. The number of ether oxygens (including phenoxy) is 1. The summed E-state index contributed by atoms with van der Waals surface area (Å²) >= 11 is 0. The van der Waals surface area contributed by atoms with Crippen LogP contribution in [0.5, 0.6) is 5.88 Å². The molecule has 1 N–H and O–H groups in total. The Hall–Kier alpha value is -1.07. The van der Waals surface area contributed by atoms with Crippen LogP contribution in [0.15, 0.2) is 0 Å². The molecule has 0 radical (unpaired) electrons. The molecule has 0 atom stereocenters. The summed E-state index contributed by atoms with van der Waals surface area (Å²) in [6.45, 7) is 12.8. The van der Waals surface area contributed by atoms with Gasteiger partial charge in [-0.05, 0) is 32.6 Å². The Morgan fingerprint density at radius 1 is 1.33 bits per heavy atom. The Balaban J connectivity index is 2.15. The highest BCUT2D eigenvalue weighted by atomic mass is 16.5. The van der Waals surface area contributed by atoms with Crippen LogP contribution in [0.4, 0.5) is 0 Å². The molecular weight excluding hydrogens is 266 g/mol. The van der Waals surface area contributed by atoms with Gasteiger partial charge in [0.05, 0.1) is 24.0 Å². The molecular formula is C16H29N3O2. The smallest absolute Gasteiger partial charge is 0.216 e. The van der Waals surface area contributed by atoms with E-state index < -0.39 is 0 Å². The molecule has 0 bridgehead atoms. The van der Waals surface area contributed by atoms with Crippen LogP contribution in [0.2, 0.25) is 0 Å². The third-order valence-corrected chi connectivity index (χ3v) is 3.96. The number of hydrogen-bond acceptors (Lipinski definition) is 4. The Bertz CT molecular complexity index is 449. The van der Waals surface area contributed by atoms with Crippen molar-refractivity contribution in [3.8, 4) is 5.88 Å². The van der Waals surface area contributed by atoms with Crippen molar-refractivity contribution in [2.75, 3.05) is 19.7 Å². The topological polar surface area (TPSA) is 50.5 Å². The molecule has 0 aromatic carbocycles. The highest BCUT2D eigenvalue weighted by molar-refractivity contribution is 5.31. The molecule has 2 rings (SSSR count). The maximum atomic E-state index is 9.62. The first-order valence-corrected chi connectivity index (χ1v) is 8.10. The molecule has 5 nitrogen and oxygen atoms in total. The fourth-order valence-corrected chi connectivity index (χ4v) is 2.85. The molecule has 0 spiro atoms. The van der Waals surface area contributed by atoms with Gasteiger partial charge in [-0.15, -0.1) is 0 Å². The van der Waals surface area contributed by atoms with Gasteiger partial charge in [-0.1, -0.05) is 13.8 Å². The molecule has 1 saturated heterocycles. The molecule has 2 heterocycles. The second-order valence-electron chi connectivity index (χ2n) is 6.39. The lowest BCUT2D eigenvalue weighted by Gasteiger charge is -2.29. The van der Waals surface area contributed by atoms with E-state index in [0.29, 0.717) is 12.5 Å². The monoisotopic (exact) mass is 295 g/mol. The molecule has 0 saturated carbocycles. The van der Waals surface area contributed by atoms with Gasteiger partial charge in [0.2, 0.25) is 5.88 Å². The van der Waals surface area contributed by atoms with Crippen molar-refractivity contribution < 1.29 is 9.84 Å². The van der Waals surface area contributed by atoms with Crippen LogP contribution >= 0.6 is 0 Å². The highest BCUT2D eigenvalue weighted by Gasteiger charge is 2.22. The predicted octanol–water partition coefficient (Wildman–Crippen LogP) is 2.20. The van der Waals surface area contributed by atoms with Crippen molar-refractivity contribution >= 4 is 0 Å². The summed E-state index contributed by atoms with van der Waals surface area (Å²) in [6.07, 6.45) is 1.60. The summed E-state index contributed by atoms with van der Waals surface area (Å²) < 4.78 is 7.89. The molecule has 0 unspecified atom stereocenters.